The van der Waals surface area contributed by atoms with Gasteiger partial charge in [-0.15, -0.1) is 0 Å². The minimum Gasteiger partial charge on any atom is -0.392 e. The number of nitrogens with zero attached hydrogens (tertiary/aromatic N) is 2. The SMILES string of the molecule is CC(=O)NCCCCCC(=O)NCc1cccc(-c2ccc([C@@H]3O[C@H](CN(C)CCc4ccccn4)[C@H](C)[C@H](c4ccc(CO)cc4)O3)cc2)c1. The van der Waals surface area contributed by atoms with Crippen molar-refractivity contribution in [2.24, 2.45) is 5.92 Å². The van der Waals surface area contributed by atoms with Gasteiger partial charge in [-0.05, 0) is 65.9 Å². The Morgan fingerprint density at radius 1 is 0.843 bits per heavy atom. The van der Waals surface area contributed by atoms with E-state index < -0.39 is 6.29 Å². The molecule has 5 rings (SSSR count). The third-order valence-corrected chi connectivity index (χ3v) is 9.48. The molecule has 4 aromatic rings. The number of carbonyl (C=O) groups is 2. The van der Waals surface area contributed by atoms with Crippen LogP contribution in [0.2, 0.25) is 0 Å². The molecule has 4 atom stereocenters. The van der Waals surface area contributed by atoms with Gasteiger partial charge in [0.25, 0.3) is 0 Å². The number of ether oxygens (including phenoxy) is 2. The molecule has 9 nitrogen and oxygen atoms in total. The number of hydrogen-bond acceptors (Lipinski definition) is 7. The number of rotatable bonds is 17. The smallest absolute Gasteiger partial charge is 0.220 e. The van der Waals surface area contributed by atoms with Crippen LogP contribution in [0.3, 0.4) is 0 Å². The Hall–Kier alpha value is -4.41. The standard InChI is InChI=1S/C42H52N4O5/c1-30-39(28-46(3)25-22-38-12-6-8-24-44-38)50-42(51-41(30)35-16-14-32(29-47)15-17-35)36-20-18-34(19-21-36)37-11-9-10-33(26-37)27-45-40(49)13-5-4-7-23-43-31(2)48/h6,8-12,14-21,24,26,30,39,41-42,47H,4-5,7,13,22-23,25,27-29H2,1-3H3,(H,43,48)(H,45,49)/t30-,39+,41+,42+/m0/s1. The molecule has 1 aliphatic rings. The van der Waals surface area contributed by atoms with Gasteiger partial charge in [0.05, 0.1) is 18.8 Å². The van der Waals surface area contributed by atoms with Crippen LogP contribution in [0.1, 0.15) is 79.9 Å². The zero-order chi connectivity index (χ0) is 36.0. The van der Waals surface area contributed by atoms with Crippen LogP contribution < -0.4 is 10.6 Å². The predicted octanol–water partition coefficient (Wildman–Crippen LogP) is 6.52. The van der Waals surface area contributed by atoms with E-state index >= 15 is 0 Å². The first-order valence-electron chi connectivity index (χ1n) is 18.1. The highest BCUT2D eigenvalue weighted by Gasteiger charge is 2.38. The van der Waals surface area contributed by atoms with Crippen LogP contribution in [0.5, 0.6) is 0 Å². The summed E-state index contributed by atoms with van der Waals surface area (Å²) in [5.74, 6) is 0.104. The maximum atomic E-state index is 12.4. The second-order valence-corrected chi connectivity index (χ2v) is 13.5. The molecule has 3 aromatic carbocycles. The van der Waals surface area contributed by atoms with Gasteiger partial charge in [-0.1, -0.05) is 86.1 Å². The monoisotopic (exact) mass is 692 g/mol. The second kappa shape index (κ2) is 19.3. The second-order valence-electron chi connectivity index (χ2n) is 13.5. The van der Waals surface area contributed by atoms with E-state index in [1.807, 2.05) is 54.7 Å². The predicted molar refractivity (Wildman–Crippen MR) is 199 cm³/mol. The molecule has 0 unspecified atom stereocenters. The molecule has 51 heavy (non-hydrogen) atoms. The van der Waals surface area contributed by atoms with E-state index in [9.17, 15) is 14.7 Å². The van der Waals surface area contributed by atoms with Crippen molar-refractivity contribution in [3.05, 3.63) is 125 Å². The third kappa shape index (κ3) is 11.6. The van der Waals surface area contributed by atoms with Crippen molar-refractivity contribution < 1.29 is 24.2 Å². The van der Waals surface area contributed by atoms with Crippen LogP contribution in [0.25, 0.3) is 11.1 Å². The van der Waals surface area contributed by atoms with Crippen molar-refractivity contribution in [3.8, 4) is 11.1 Å². The van der Waals surface area contributed by atoms with Crippen molar-refractivity contribution in [2.75, 3.05) is 26.7 Å². The summed E-state index contributed by atoms with van der Waals surface area (Å²) in [7, 11) is 2.13. The van der Waals surface area contributed by atoms with Crippen molar-refractivity contribution in [1.82, 2.24) is 20.5 Å². The first kappa shape index (κ1) is 37.8. The number of benzene rings is 3. The van der Waals surface area contributed by atoms with E-state index in [1.165, 1.54) is 6.92 Å². The lowest BCUT2D eigenvalue weighted by Crippen LogP contribution is -2.43. The van der Waals surface area contributed by atoms with Gasteiger partial charge in [-0.3, -0.25) is 14.6 Å². The van der Waals surface area contributed by atoms with Crippen molar-refractivity contribution in [3.63, 3.8) is 0 Å². The van der Waals surface area contributed by atoms with E-state index in [0.29, 0.717) is 19.5 Å². The van der Waals surface area contributed by atoms with E-state index in [2.05, 4.69) is 77.0 Å². The Bertz CT molecular complexity index is 1670. The average Bonchev–Trinajstić information content (AvgIpc) is 3.16. The summed E-state index contributed by atoms with van der Waals surface area (Å²) in [5.41, 5.74) is 7.13. The van der Waals surface area contributed by atoms with Crippen molar-refractivity contribution >= 4 is 11.8 Å². The van der Waals surface area contributed by atoms with Crippen molar-refractivity contribution in [1.29, 1.82) is 0 Å². The quantitative estimate of drug-likeness (QED) is 0.108. The van der Waals surface area contributed by atoms with Gasteiger partial charge in [-0.25, -0.2) is 0 Å². The Morgan fingerprint density at radius 3 is 2.35 bits per heavy atom. The number of aromatic nitrogens is 1. The van der Waals surface area contributed by atoms with Gasteiger partial charge in [0.15, 0.2) is 6.29 Å². The topological polar surface area (TPSA) is 113 Å². The Kier molecular flexibility index (Phi) is 14.3. The van der Waals surface area contributed by atoms with Gasteiger partial charge in [0.1, 0.15) is 0 Å². The highest BCUT2D eigenvalue weighted by molar-refractivity contribution is 5.76. The molecule has 0 radical (unpaired) electrons. The van der Waals surface area contributed by atoms with E-state index in [4.69, 9.17) is 9.47 Å². The summed E-state index contributed by atoms with van der Waals surface area (Å²) in [6.45, 7) is 6.44. The lowest BCUT2D eigenvalue weighted by molar-refractivity contribution is -0.275. The number of unbranched alkanes of at least 4 members (excludes halogenated alkanes) is 2. The zero-order valence-electron chi connectivity index (χ0n) is 30.1. The molecule has 270 valence electrons. The Balaban J connectivity index is 1.22. The first-order valence-corrected chi connectivity index (χ1v) is 18.1. The molecule has 1 saturated heterocycles. The highest BCUT2D eigenvalue weighted by Crippen LogP contribution is 2.42. The minimum atomic E-state index is -0.543. The Morgan fingerprint density at radius 2 is 1.63 bits per heavy atom. The zero-order valence-corrected chi connectivity index (χ0v) is 30.1. The lowest BCUT2D eigenvalue weighted by Gasteiger charge is -2.42. The molecule has 0 bridgehead atoms. The number of carbonyl (C=O) groups excluding carboxylic acids is 2. The molecule has 0 aliphatic carbocycles. The summed E-state index contributed by atoms with van der Waals surface area (Å²) >= 11 is 0. The van der Waals surface area contributed by atoms with Gasteiger partial charge in [0.2, 0.25) is 11.8 Å². The average molecular weight is 693 g/mol. The normalized spacial score (nSPS) is 18.8. The molecule has 9 heteroatoms. The van der Waals surface area contributed by atoms with Gasteiger partial charge >= 0.3 is 0 Å². The molecule has 0 saturated carbocycles. The number of hydrogen-bond donors (Lipinski definition) is 3. The molecular weight excluding hydrogens is 640 g/mol. The Labute approximate surface area is 302 Å². The summed E-state index contributed by atoms with van der Waals surface area (Å²) in [6, 6.07) is 30.6. The third-order valence-electron chi connectivity index (χ3n) is 9.48. The fraction of sp³-hybridized carbons (Fsp3) is 0.405. The summed E-state index contributed by atoms with van der Waals surface area (Å²) in [5, 5.41) is 15.4. The lowest BCUT2D eigenvalue weighted by atomic mass is 9.90. The number of nitrogens with one attached hydrogen (secondary N) is 2. The molecule has 1 aromatic heterocycles. The minimum absolute atomic E-state index is 0.00368. The van der Waals surface area contributed by atoms with Crippen molar-refractivity contribution in [2.45, 2.75) is 77.6 Å². The highest BCUT2D eigenvalue weighted by atomic mass is 16.7. The van der Waals surface area contributed by atoms with E-state index in [0.717, 1.165) is 77.8 Å². The fourth-order valence-electron chi connectivity index (χ4n) is 6.41. The van der Waals surface area contributed by atoms with Gasteiger partial charge < -0.3 is 30.1 Å². The van der Waals surface area contributed by atoms with E-state index in [1.54, 1.807) is 0 Å². The maximum absolute atomic E-state index is 12.4. The number of likely N-dealkylation sites (N-methyl/N-ethyl adjacent to an activating group) is 1. The van der Waals surface area contributed by atoms with Gasteiger partial charge in [0, 0.05) is 69.3 Å². The summed E-state index contributed by atoms with van der Waals surface area (Å²) in [6.07, 6.45) is 4.95. The molecule has 2 amide bonds. The van der Waals surface area contributed by atoms with Crippen LogP contribution in [0.4, 0.5) is 0 Å². The number of aliphatic hydroxyl groups excluding tert-OH is 1. The van der Waals surface area contributed by atoms with Crippen LogP contribution in [0, 0.1) is 5.92 Å². The molecule has 2 heterocycles. The maximum Gasteiger partial charge on any atom is 0.220 e. The number of amides is 2. The van der Waals surface area contributed by atoms with Crippen LogP contribution in [-0.4, -0.2) is 59.6 Å². The molecule has 3 N–H and O–H groups in total. The largest absolute Gasteiger partial charge is 0.392 e. The molecular formula is C42H52N4O5. The first-order chi connectivity index (χ1) is 24.8. The molecule has 1 fully saturated rings. The summed E-state index contributed by atoms with van der Waals surface area (Å²) in [4.78, 5) is 30.2. The van der Waals surface area contributed by atoms with Crippen LogP contribution >= 0.6 is 0 Å². The molecule has 1 aliphatic heterocycles. The van der Waals surface area contributed by atoms with Gasteiger partial charge in [-0.2, -0.15) is 0 Å². The number of pyridine rings is 1. The van der Waals surface area contributed by atoms with E-state index in [-0.39, 0.29) is 36.5 Å². The van der Waals surface area contributed by atoms with Crippen LogP contribution in [-0.2, 0) is 38.6 Å². The summed E-state index contributed by atoms with van der Waals surface area (Å²) < 4.78 is 13.4. The van der Waals surface area contributed by atoms with Crippen LogP contribution in [0.15, 0.2) is 97.2 Å². The number of aliphatic hydroxyl groups is 1. The fourth-order valence-corrected chi connectivity index (χ4v) is 6.41. The molecule has 0 spiro atoms.